The van der Waals surface area contributed by atoms with E-state index in [1.165, 1.54) is 5.56 Å². The number of nitro groups is 1. The van der Waals surface area contributed by atoms with E-state index >= 15 is 0 Å². The van der Waals surface area contributed by atoms with Crippen molar-refractivity contribution in [1.82, 2.24) is 4.90 Å². The number of nitrogens with two attached hydrogens (primary N) is 1. The van der Waals surface area contributed by atoms with Crippen LogP contribution in [0.3, 0.4) is 0 Å². The molecule has 7 heteroatoms. The lowest BCUT2D eigenvalue weighted by Crippen LogP contribution is -2.46. The zero-order chi connectivity index (χ0) is 25.6. The minimum absolute atomic E-state index is 0.0719. The molecule has 188 valence electrons. The summed E-state index contributed by atoms with van der Waals surface area (Å²) >= 11 is 0. The third-order valence-corrected chi connectivity index (χ3v) is 6.87. The fraction of sp³-hybridized carbons (Fsp3) is 0.200. The van der Waals surface area contributed by atoms with Crippen molar-refractivity contribution in [3.8, 4) is 0 Å². The number of benzene rings is 4. The monoisotopic (exact) mass is 493 g/mol. The molecule has 0 saturated carbocycles. The first-order valence-electron chi connectivity index (χ1n) is 12.5. The lowest BCUT2D eigenvalue weighted by atomic mass is 9.98. The van der Waals surface area contributed by atoms with Crippen molar-refractivity contribution in [3.63, 3.8) is 0 Å². The average molecular weight is 494 g/mol. The van der Waals surface area contributed by atoms with Crippen molar-refractivity contribution in [3.05, 3.63) is 130 Å². The summed E-state index contributed by atoms with van der Waals surface area (Å²) in [4.78, 5) is 16.3. The van der Waals surface area contributed by atoms with Gasteiger partial charge in [0.25, 0.3) is 5.69 Å². The molecule has 1 aliphatic rings. The highest BCUT2D eigenvalue weighted by Gasteiger charge is 2.23. The highest BCUT2D eigenvalue weighted by molar-refractivity contribution is 5.70. The number of anilines is 3. The molecule has 4 aromatic carbocycles. The van der Waals surface area contributed by atoms with E-state index in [1.54, 1.807) is 6.07 Å². The predicted molar refractivity (Wildman–Crippen MR) is 150 cm³/mol. The number of nitrogens with zero attached hydrogens (tertiary/aromatic N) is 3. The van der Waals surface area contributed by atoms with Crippen LogP contribution in [0.25, 0.3) is 0 Å². The molecule has 3 N–H and O–H groups in total. The summed E-state index contributed by atoms with van der Waals surface area (Å²) in [5.41, 5.74) is 11.5. The quantitative estimate of drug-likeness (QED) is 0.186. The normalized spacial score (nSPS) is 14.0. The van der Waals surface area contributed by atoms with Crippen molar-refractivity contribution >= 4 is 22.7 Å². The maximum absolute atomic E-state index is 11.9. The standard InChI is InChI=1S/C30H31N5O2/c31-26-13-11-23(12-14-26)22-33-17-19-34(20-18-33)27-15-16-29(35(36)37)28(21-27)32-30(24-7-3-1-4-8-24)25-9-5-2-6-10-25/h1-16,21,30,32H,17-20,22,31H2. The Kier molecular flexibility index (Phi) is 7.33. The minimum Gasteiger partial charge on any atom is -0.399 e. The van der Waals surface area contributed by atoms with E-state index in [-0.39, 0.29) is 16.7 Å². The second-order valence-corrected chi connectivity index (χ2v) is 9.36. The van der Waals surface area contributed by atoms with Crippen LogP contribution in [0.2, 0.25) is 0 Å². The summed E-state index contributed by atoms with van der Waals surface area (Å²) < 4.78 is 0. The smallest absolute Gasteiger partial charge is 0.292 e. The van der Waals surface area contributed by atoms with E-state index in [0.717, 1.165) is 55.2 Å². The Balaban J connectivity index is 1.36. The molecule has 0 unspecified atom stereocenters. The van der Waals surface area contributed by atoms with Crippen LogP contribution in [0.4, 0.5) is 22.7 Å². The van der Waals surface area contributed by atoms with Crippen LogP contribution in [0, 0.1) is 10.1 Å². The topological polar surface area (TPSA) is 87.7 Å². The van der Waals surface area contributed by atoms with E-state index in [2.05, 4.69) is 27.2 Å². The Bertz CT molecular complexity index is 1280. The number of nitro benzene ring substituents is 1. The van der Waals surface area contributed by atoms with Gasteiger partial charge in [-0.1, -0.05) is 72.8 Å². The molecule has 0 atom stereocenters. The third-order valence-electron chi connectivity index (χ3n) is 6.87. The van der Waals surface area contributed by atoms with Gasteiger partial charge in [0.15, 0.2) is 0 Å². The van der Waals surface area contributed by atoms with Crippen LogP contribution < -0.4 is 16.0 Å². The molecule has 0 aromatic heterocycles. The van der Waals surface area contributed by atoms with Crippen molar-refractivity contribution in [1.29, 1.82) is 0 Å². The average Bonchev–Trinajstić information content (AvgIpc) is 2.94. The summed E-state index contributed by atoms with van der Waals surface area (Å²) in [7, 11) is 0. The fourth-order valence-corrected chi connectivity index (χ4v) is 4.85. The van der Waals surface area contributed by atoms with Gasteiger partial charge in [-0.15, -0.1) is 0 Å². The van der Waals surface area contributed by atoms with Gasteiger partial charge in [-0.2, -0.15) is 0 Å². The lowest BCUT2D eigenvalue weighted by Gasteiger charge is -2.36. The van der Waals surface area contributed by atoms with Gasteiger partial charge in [-0.05, 0) is 41.0 Å². The van der Waals surface area contributed by atoms with E-state index in [4.69, 9.17) is 5.73 Å². The number of nitrogen functional groups attached to an aromatic ring is 1. The minimum atomic E-state index is -0.316. The predicted octanol–water partition coefficient (Wildman–Crippen LogP) is 5.70. The highest BCUT2D eigenvalue weighted by atomic mass is 16.6. The number of nitrogens with one attached hydrogen (secondary N) is 1. The zero-order valence-electron chi connectivity index (χ0n) is 20.7. The summed E-state index contributed by atoms with van der Waals surface area (Å²) in [6.45, 7) is 4.43. The molecule has 1 aliphatic heterocycles. The first kappa shape index (κ1) is 24.3. The number of hydrogen-bond acceptors (Lipinski definition) is 6. The molecule has 1 saturated heterocycles. The van der Waals surface area contributed by atoms with Gasteiger partial charge in [-0.25, -0.2) is 0 Å². The molecule has 5 rings (SSSR count). The van der Waals surface area contributed by atoms with Gasteiger partial charge < -0.3 is 16.0 Å². The van der Waals surface area contributed by atoms with Crippen LogP contribution in [0.15, 0.2) is 103 Å². The van der Waals surface area contributed by atoms with Crippen molar-refractivity contribution in [2.24, 2.45) is 0 Å². The number of rotatable bonds is 8. The second-order valence-electron chi connectivity index (χ2n) is 9.36. The largest absolute Gasteiger partial charge is 0.399 e. The maximum Gasteiger partial charge on any atom is 0.292 e. The molecule has 1 fully saturated rings. The first-order valence-corrected chi connectivity index (χ1v) is 12.5. The summed E-state index contributed by atoms with van der Waals surface area (Å²) in [6, 6.07) is 33.3. The van der Waals surface area contributed by atoms with E-state index in [0.29, 0.717) is 5.69 Å². The number of piperazine rings is 1. The van der Waals surface area contributed by atoms with Crippen LogP contribution in [0.5, 0.6) is 0 Å². The molecule has 0 radical (unpaired) electrons. The summed E-state index contributed by atoms with van der Waals surface area (Å²) in [5, 5.41) is 15.4. The molecule has 0 aliphatic carbocycles. The lowest BCUT2D eigenvalue weighted by molar-refractivity contribution is -0.384. The SMILES string of the molecule is Nc1ccc(CN2CCN(c3ccc([N+](=O)[O-])c(NC(c4ccccc4)c4ccccc4)c3)CC2)cc1. The summed E-state index contributed by atoms with van der Waals surface area (Å²) in [6.07, 6.45) is 0. The van der Waals surface area contributed by atoms with E-state index in [9.17, 15) is 10.1 Å². The van der Waals surface area contributed by atoms with Crippen LogP contribution in [-0.4, -0.2) is 36.0 Å². The van der Waals surface area contributed by atoms with Gasteiger partial charge >= 0.3 is 0 Å². The van der Waals surface area contributed by atoms with Crippen molar-refractivity contribution in [2.45, 2.75) is 12.6 Å². The van der Waals surface area contributed by atoms with Crippen molar-refractivity contribution in [2.75, 3.05) is 42.1 Å². The highest BCUT2D eigenvalue weighted by Crippen LogP contribution is 2.35. The summed E-state index contributed by atoms with van der Waals surface area (Å²) in [5.74, 6) is 0. The molecule has 0 spiro atoms. The fourth-order valence-electron chi connectivity index (χ4n) is 4.85. The molecule has 0 amide bonds. The van der Waals surface area contributed by atoms with Gasteiger partial charge in [-0.3, -0.25) is 15.0 Å². The molecule has 4 aromatic rings. The maximum atomic E-state index is 11.9. The van der Waals surface area contributed by atoms with Gasteiger partial charge in [0.1, 0.15) is 5.69 Å². The van der Waals surface area contributed by atoms with Crippen LogP contribution in [-0.2, 0) is 6.54 Å². The Morgan fingerprint density at radius 3 is 1.97 bits per heavy atom. The van der Waals surface area contributed by atoms with Crippen LogP contribution in [0.1, 0.15) is 22.7 Å². The second kappa shape index (κ2) is 11.1. The zero-order valence-corrected chi connectivity index (χ0v) is 20.7. The van der Waals surface area contributed by atoms with E-state index < -0.39 is 0 Å². The molecule has 1 heterocycles. The molecule has 37 heavy (non-hydrogen) atoms. The van der Waals surface area contributed by atoms with E-state index in [1.807, 2.05) is 84.9 Å². The molecular formula is C30H31N5O2. The van der Waals surface area contributed by atoms with Crippen LogP contribution >= 0.6 is 0 Å². The Morgan fingerprint density at radius 2 is 1.41 bits per heavy atom. The van der Waals surface area contributed by atoms with Crippen molar-refractivity contribution < 1.29 is 4.92 Å². The van der Waals surface area contributed by atoms with Gasteiger partial charge in [0.2, 0.25) is 0 Å². The van der Waals surface area contributed by atoms with Gasteiger partial charge in [0.05, 0.1) is 11.0 Å². The molecular weight excluding hydrogens is 462 g/mol. The van der Waals surface area contributed by atoms with Gasteiger partial charge in [0, 0.05) is 50.2 Å². The molecule has 0 bridgehead atoms. The third kappa shape index (κ3) is 5.90. The molecule has 7 nitrogen and oxygen atoms in total. The Hall–Kier alpha value is -4.36. The Labute approximate surface area is 217 Å². The first-order chi connectivity index (χ1) is 18.1. The Morgan fingerprint density at radius 1 is 0.811 bits per heavy atom. The number of hydrogen-bond donors (Lipinski definition) is 2.